The van der Waals surface area contributed by atoms with Gasteiger partial charge >= 0.3 is 0 Å². The molecule has 0 saturated heterocycles. The van der Waals surface area contributed by atoms with Crippen LogP contribution < -0.4 is 16.4 Å². The Morgan fingerprint density at radius 1 is 1.12 bits per heavy atom. The van der Waals surface area contributed by atoms with E-state index < -0.39 is 0 Å². The Kier molecular flexibility index (Phi) is 10.5. The molecule has 1 aromatic carbocycles. The fourth-order valence-corrected chi connectivity index (χ4v) is 2.01. The van der Waals surface area contributed by atoms with Crippen LogP contribution in [0, 0.1) is 5.92 Å². The van der Waals surface area contributed by atoms with Crippen molar-refractivity contribution >= 4 is 42.3 Å². The van der Waals surface area contributed by atoms with Gasteiger partial charge in [-0.1, -0.05) is 19.1 Å². The van der Waals surface area contributed by atoms with Crippen LogP contribution in [-0.2, 0) is 11.3 Å². The van der Waals surface area contributed by atoms with E-state index in [4.69, 9.17) is 5.73 Å². The zero-order chi connectivity index (χ0) is 17.5. The minimum Gasteiger partial charge on any atom is -0.346 e. The molecule has 26 heavy (non-hydrogen) atoms. The van der Waals surface area contributed by atoms with Crippen molar-refractivity contribution in [2.45, 2.75) is 26.4 Å². The van der Waals surface area contributed by atoms with E-state index in [0.717, 1.165) is 5.69 Å². The monoisotopic (exact) mass is 398 g/mol. The predicted molar refractivity (Wildman–Crippen MR) is 108 cm³/mol. The van der Waals surface area contributed by atoms with Gasteiger partial charge in [0.15, 0.2) is 0 Å². The highest BCUT2D eigenvalue weighted by molar-refractivity contribution is 5.97. The first-order valence-electron chi connectivity index (χ1n) is 7.82. The molecular formula is C18H24Cl2N4O2. The van der Waals surface area contributed by atoms with Crippen LogP contribution in [0.5, 0.6) is 0 Å². The lowest BCUT2D eigenvalue weighted by Gasteiger charge is -2.15. The first-order chi connectivity index (χ1) is 11.5. The summed E-state index contributed by atoms with van der Waals surface area (Å²) in [6, 6.07) is 12.1. The third-order valence-corrected chi connectivity index (χ3v) is 3.75. The van der Waals surface area contributed by atoms with Crippen molar-refractivity contribution in [1.82, 2.24) is 10.3 Å². The topological polar surface area (TPSA) is 97.1 Å². The molecule has 0 aliphatic heterocycles. The average molecular weight is 399 g/mol. The van der Waals surface area contributed by atoms with Crippen molar-refractivity contribution in [2.24, 2.45) is 11.7 Å². The standard InChI is InChI=1S/C18H22N4O2.2ClH/c1-12(13(2)19)17(23)22-15-8-5-6-14(10-15)18(24)21-11-16-7-3-4-9-20-16;;/h3-10,12-13H,11,19H2,1-2H3,(H,21,24)(H,22,23);2*1H. The first-order valence-corrected chi connectivity index (χ1v) is 7.82. The number of halogens is 2. The van der Waals surface area contributed by atoms with E-state index in [0.29, 0.717) is 17.8 Å². The summed E-state index contributed by atoms with van der Waals surface area (Å²) in [4.78, 5) is 28.4. The predicted octanol–water partition coefficient (Wildman–Crippen LogP) is 2.78. The smallest absolute Gasteiger partial charge is 0.251 e. The summed E-state index contributed by atoms with van der Waals surface area (Å²) in [6.07, 6.45) is 1.68. The number of nitrogens with zero attached hydrogens (tertiary/aromatic N) is 1. The molecule has 1 aromatic heterocycles. The van der Waals surface area contributed by atoms with Crippen LogP contribution in [0.2, 0.25) is 0 Å². The van der Waals surface area contributed by atoms with E-state index in [1.807, 2.05) is 18.2 Å². The Labute approximate surface area is 165 Å². The van der Waals surface area contributed by atoms with Crippen LogP contribution in [0.15, 0.2) is 48.7 Å². The number of aromatic nitrogens is 1. The highest BCUT2D eigenvalue weighted by atomic mass is 35.5. The van der Waals surface area contributed by atoms with Crippen molar-refractivity contribution in [1.29, 1.82) is 0 Å². The molecule has 1 heterocycles. The number of anilines is 1. The molecule has 2 aromatic rings. The van der Waals surface area contributed by atoms with Crippen molar-refractivity contribution < 1.29 is 9.59 Å². The number of nitrogens with two attached hydrogens (primary N) is 1. The maximum atomic E-state index is 12.2. The molecule has 4 N–H and O–H groups in total. The van der Waals surface area contributed by atoms with Crippen LogP contribution in [0.3, 0.4) is 0 Å². The second kappa shape index (κ2) is 11.5. The molecule has 6 nitrogen and oxygen atoms in total. The number of benzene rings is 1. The summed E-state index contributed by atoms with van der Waals surface area (Å²) in [5.41, 5.74) is 7.55. The molecule has 2 rings (SSSR count). The Balaban J connectivity index is 0.00000312. The number of hydrogen-bond acceptors (Lipinski definition) is 4. The highest BCUT2D eigenvalue weighted by Crippen LogP contribution is 2.13. The summed E-state index contributed by atoms with van der Waals surface area (Å²) < 4.78 is 0. The van der Waals surface area contributed by atoms with E-state index >= 15 is 0 Å². The number of carbonyl (C=O) groups excluding carboxylic acids is 2. The quantitative estimate of drug-likeness (QED) is 0.696. The number of nitrogens with one attached hydrogen (secondary N) is 2. The van der Waals surface area contributed by atoms with Crippen LogP contribution in [-0.4, -0.2) is 22.8 Å². The summed E-state index contributed by atoms with van der Waals surface area (Å²) in [5, 5.41) is 5.58. The molecule has 0 fully saturated rings. The average Bonchev–Trinajstić information content (AvgIpc) is 2.60. The van der Waals surface area contributed by atoms with Gasteiger partial charge in [0.2, 0.25) is 5.91 Å². The normalized spacial score (nSPS) is 12.0. The molecule has 0 aliphatic rings. The molecule has 8 heteroatoms. The van der Waals surface area contributed by atoms with E-state index in [2.05, 4.69) is 15.6 Å². The third-order valence-electron chi connectivity index (χ3n) is 3.75. The van der Waals surface area contributed by atoms with Crippen LogP contribution in [0.1, 0.15) is 29.9 Å². The van der Waals surface area contributed by atoms with Crippen LogP contribution >= 0.6 is 24.8 Å². The molecule has 0 aliphatic carbocycles. The molecule has 0 radical (unpaired) electrons. The van der Waals surface area contributed by atoms with Crippen molar-refractivity contribution in [3.8, 4) is 0 Å². The zero-order valence-corrected chi connectivity index (χ0v) is 16.3. The van der Waals surface area contributed by atoms with E-state index in [1.54, 1.807) is 44.3 Å². The van der Waals surface area contributed by atoms with Gasteiger partial charge in [0, 0.05) is 23.5 Å². The number of carbonyl (C=O) groups is 2. The lowest BCUT2D eigenvalue weighted by molar-refractivity contribution is -0.119. The van der Waals surface area contributed by atoms with Gasteiger partial charge in [-0.05, 0) is 37.3 Å². The minimum absolute atomic E-state index is 0. The Hall–Kier alpha value is -2.15. The molecule has 2 unspecified atom stereocenters. The van der Waals surface area contributed by atoms with Gasteiger partial charge in [-0.25, -0.2) is 0 Å². The van der Waals surface area contributed by atoms with E-state index in [1.165, 1.54) is 0 Å². The molecule has 0 spiro atoms. The largest absolute Gasteiger partial charge is 0.346 e. The number of amides is 2. The second-order valence-corrected chi connectivity index (χ2v) is 5.72. The molecule has 2 atom stereocenters. The van der Waals surface area contributed by atoms with E-state index in [9.17, 15) is 9.59 Å². The maximum Gasteiger partial charge on any atom is 0.251 e. The molecule has 0 saturated carbocycles. The molecule has 142 valence electrons. The fourth-order valence-electron chi connectivity index (χ4n) is 2.01. The third kappa shape index (κ3) is 7.00. The Bertz CT molecular complexity index is 711. The lowest BCUT2D eigenvalue weighted by atomic mass is 10.0. The number of hydrogen-bond donors (Lipinski definition) is 3. The summed E-state index contributed by atoms with van der Waals surface area (Å²) in [6.45, 7) is 3.90. The minimum atomic E-state index is -0.313. The maximum absolute atomic E-state index is 12.2. The Morgan fingerprint density at radius 2 is 1.85 bits per heavy atom. The summed E-state index contributed by atoms with van der Waals surface area (Å²) in [7, 11) is 0. The van der Waals surface area contributed by atoms with Crippen LogP contribution in [0.4, 0.5) is 5.69 Å². The molecule has 2 amide bonds. The first kappa shape index (κ1) is 23.9. The second-order valence-electron chi connectivity index (χ2n) is 5.72. The van der Waals surface area contributed by atoms with Gasteiger partial charge in [-0.15, -0.1) is 24.8 Å². The Morgan fingerprint density at radius 3 is 2.46 bits per heavy atom. The van der Waals surface area contributed by atoms with Gasteiger partial charge in [-0.3, -0.25) is 14.6 Å². The van der Waals surface area contributed by atoms with Crippen LogP contribution in [0.25, 0.3) is 0 Å². The van der Waals surface area contributed by atoms with E-state index in [-0.39, 0.29) is 48.6 Å². The van der Waals surface area contributed by atoms with Gasteiger partial charge < -0.3 is 16.4 Å². The van der Waals surface area contributed by atoms with Gasteiger partial charge in [0.1, 0.15) is 0 Å². The lowest BCUT2D eigenvalue weighted by Crippen LogP contribution is -2.34. The van der Waals surface area contributed by atoms with Gasteiger partial charge in [0.05, 0.1) is 18.2 Å². The molecule has 0 bridgehead atoms. The fraction of sp³-hybridized carbons (Fsp3) is 0.278. The number of pyridine rings is 1. The summed E-state index contributed by atoms with van der Waals surface area (Å²) >= 11 is 0. The SMILES string of the molecule is CC(N)C(C)C(=O)Nc1cccc(C(=O)NCc2ccccn2)c1.Cl.Cl. The summed E-state index contributed by atoms with van der Waals surface area (Å²) in [5.74, 6) is -0.709. The van der Waals surface area contributed by atoms with Crippen molar-refractivity contribution in [2.75, 3.05) is 5.32 Å². The zero-order valence-electron chi connectivity index (χ0n) is 14.6. The van der Waals surface area contributed by atoms with Gasteiger partial charge in [-0.2, -0.15) is 0 Å². The van der Waals surface area contributed by atoms with Gasteiger partial charge in [0.25, 0.3) is 5.91 Å². The van der Waals surface area contributed by atoms with Crippen molar-refractivity contribution in [3.05, 3.63) is 59.9 Å². The molecular weight excluding hydrogens is 375 g/mol. The number of rotatable bonds is 6. The van der Waals surface area contributed by atoms with Crippen molar-refractivity contribution in [3.63, 3.8) is 0 Å². The highest BCUT2D eigenvalue weighted by Gasteiger charge is 2.17.